The number of H-pyrrole nitrogens is 1. The molecule has 4 aliphatic heterocycles. The maximum atomic E-state index is 14.4. The lowest BCUT2D eigenvalue weighted by Crippen LogP contribution is -2.51. The molecular formula is C50H58N8O8. The number of methoxy groups -OCH3 is 3. The number of carbonyl (C=O) groups is 4. The van der Waals surface area contributed by atoms with Crippen LogP contribution in [0.1, 0.15) is 81.2 Å². The number of fused-ring (bicyclic) bond motifs is 6. The maximum absolute atomic E-state index is 14.4. The first-order chi connectivity index (χ1) is 31.8. The van der Waals surface area contributed by atoms with Crippen molar-refractivity contribution in [3.63, 3.8) is 0 Å². The van der Waals surface area contributed by atoms with Crippen LogP contribution in [0.5, 0.6) is 5.75 Å². The molecule has 16 heteroatoms. The van der Waals surface area contributed by atoms with E-state index in [0.717, 1.165) is 62.1 Å². The molecule has 9 rings (SSSR count). The van der Waals surface area contributed by atoms with Gasteiger partial charge in [0.25, 0.3) is 5.91 Å². The third kappa shape index (κ3) is 8.38. The van der Waals surface area contributed by atoms with Crippen LogP contribution in [-0.2, 0) is 30.4 Å². The van der Waals surface area contributed by atoms with Crippen molar-refractivity contribution in [1.82, 2.24) is 35.7 Å². The molecule has 8 atom stereocenters. The van der Waals surface area contributed by atoms with E-state index in [0.29, 0.717) is 44.1 Å². The number of amides is 4. The number of aromatic amines is 1. The molecule has 0 spiro atoms. The van der Waals surface area contributed by atoms with Gasteiger partial charge in [-0.1, -0.05) is 69.3 Å². The molecule has 0 saturated carbocycles. The monoisotopic (exact) mass is 898 g/mol. The molecule has 2 saturated heterocycles. The number of benzene rings is 4. The molecule has 346 valence electrons. The van der Waals surface area contributed by atoms with Gasteiger partial charge in [0.1, 0.15) is 36.1 Å². The van der Waals surface area contributed by atoms with Crippen molar-refractivity contribution in [2.24, 2.45) is 22.7 Å². The van der Waals surface area contributed by atoms with Crippen molar-refractivity contribution >= 4 is 51.6 Å². The predicted molar refractivity (Wildman–Crippen MR) is 249 cm³/mol. The van der Waals surface area contributed by atoms with Crippen molar-refractivity contribution in [3.8, 4) is 16.9 Å². The van der Waals surface area contributed by atoms with Gasteiger partial charge in [0.15, 0.2) is 0 Å². The van der Waals surface area contributed by atoms with Gasteiger partial charge >= 0.3 is 12.2 Å². The normalized spacial score (nSPS) is 23.1. The first kappa shape index (κ1) is 44.5. The van der Waals surface area contributed by atoms with Crippen LogP contribution in [0.15, 0.2) is 77.8 Å². The summed E-state index contributed by atoms with van der Waals surface area (Å²) in [5.41, 5.74) is 6.50. The maximum Gasteiger partial charge on any atom is 0.407 e. The number of aromatic nitrogens is 2. The summed E-state index contributed by atoms with van der Waals surface area (Å²) in [6, 6.07) is 21.4. The van der Waals surface area contributed by atoms with Crippen LogP contribution < -0.4 is 20.7 Å². The van der Waals surface area contributed by atoms with Crippen LogP contribution in [0.4, 0.5) is 9.59 Å². The van der Waals surface area contributed by atoms with Crippen LogP contribution >= 0.6 is 0 Å². The van der Waals surface area contributed by atoms with Crippen molar-refractivity contribution in [2.75, 3.05) is 41.0 Å². The highest BCUT2D eigenvalue weighted by molar-refractivity contribution is 6.07. The Morgan fingerprint density at radius 3 is 2.35 bits per heavy atom. The average molecular weight is 899 g/mol. The number of ether oxygens (including phenoxy) is 4. The molecule has 4 N–H and O–H groups in total. The molecule has 4 aliphatic rings. The Balaban J connectivity index is 0.976. The molecule has 4 amide bonds. The van der Waals surface area contributed by atoms with E-state index in [9.17, 15) is 19.2 Å². The Hall–Kier alpha value is -6.68. The summed E-state index contributed by atoms with van der Waals surface area (Å²) in [5, 5.41) is 11.1. The highest BCUT2D eigenvalue weighted by atomic mass is 16.5. The summed E-state index contributed by atoms with van der Waals surface area (Å²) < 4.78 is 21.8. The Morgan fingerprint density at radius 1 is 0.848 bits per heavy atom. The smallest absolute Gasteiger partial charge is 0.407 e. The number of nitrogens with one attached hydrogen (secondary N) is 4. The molecular weight excluding hydrogens is 841 g/mol. The van der Waals surface area contributed by atoms with E-state index in [1.807, 2.05) is 60.0 Å². The molecule has 0 aliphatic carbocycles. The number of amidine groups is 1. The molecule has 1 aromatic heterocycles. The number of likely N-dealkylation sites (tertiary alicyclic amines) is 2. The molecule has 2 unspecified atom stereocenters. The second-order valence-corrected chi connectivity index (χ2v) is 18.5. The van der Waals surface area contributed by atoms with Gasteiger partial charge in [0, 0.05) is 37.1 Å². The lowest BCUT2D eigenvalue weighted by molar-refractivity contribution is -0.135. The standard InChI is InChI=1S/C50H58N8O8/c1-26(2)41(55-49(61)64-6)47(59)57-22-27(3)17-38(57)46-52-37-16-14-31-20-36-34-15-13-32(19-33(34)25-66-40(36)21-35(31)44(37)54-46)42-28(4)51-45(53-42)39-18-29(24-63-5)23-58(39)48(60)43(56-50(62)65-7)30-11-9-8-10-12-30/h8-16,19-21,26-29,38-39,41-43H,17-18,22-25H2,1-7H3,(H,51,53)(H,52,54)(H,55,61)(H,56,62)/t27-,28?,29-,38-,39-,41-,42?,43+/m0/s1. The Morgan fingerprint density at radius 2 is 1.61 bits per heavy atom. The summed E-state index contributed by atoms with van der Waals surface area (Å²) in [6.45, 7) is 9.92. The summed E-state index contributed by atoms with van der Waals surface area (Å²) in [5.74, 6) is 2.01. The van der Waals surface area contributed by atoms with E-state index in [-0.39, 0.29) is 53.7 Å². The molecule has 5 heterocycles. The van der Waals surface area contributed by atoms with Gasteiger partial charge in [-0.05, 0) is 83.5 Å². The van der Waals surface area contributed by atoms with Crippen molar-refractivity contribution in [3.05, 3.63) is 95.3 Å². The quantitative estimate of drug-likeness (QED) is 0.108. The summed E-state index contributed by atoms with van der Waals surface area (Å²) in [6.07, 6.45) is 0.0778. The topological polar surface area (TPSA) is 189 Å². The number of hydrogen-bond donors (Lipinski definition) is 4. The van der Waals surface area contributed by atoms with Crippen LogP contribution in [-0.4, -0.2) is 109 Å². The number of hydrogen-bond acceptors (Lipinski definition) is 11. The van der Waals surface area contributed by atoms with E-state index in [2.05, 4.69) is 71.2 Å². The Labute approximate surface area is 383 Å². The SMILES string of the molecule is COC[C@H]1C[C@@H](C2=NC(c3ccc4c(c3)COc3cc5c(ccc6[nH]c([C@@H]7C[C@H](C)CN7C(=O)[C@@H](NC(=O)OC)C(C)C)nc65)cc3-4)C(C)N2)N(C(=O)[C@H](NC(=O)OC)c2ccccc2)C1. The third-order valence-electron chi connectivity index (χ3n) is 13.6. The summed E-state index contributed by atoms with van der Waals surface area (Å²) in [7, 11) is 4.24. The van der Waals surface area contributed by atoms with Crippen molar-refractivity contribution in [1.29, 1.82) is 0 Å². The highest BCUT2D eigenvalue weighted by Gasteiger charge is 2.44. The van der Waals surface area contributed by atoms with Gasteiger partial charge in [0.05, 0.1) is 56.0 Å². The Kier molecular flexibility index (Phi) is 12.3. The molecule has 16 nitrogen and oxygen atoms in total. The highest BCUT2D eigenvalue weighted by Crippen LogP contribution is 2.44. The fourth-order valence-electron chi connectivity index (χ4n) is 10.3. The molecule has 0 bridgehead atoms. The number of carbonyl (C=O) groups excluding carboxylic acids is 4. The second kappa shape index (κ2) is 18.3. The number of rotatable bonds is 11. The van der Waals surface area contributed by atoms with Gasteiger partial charge in [-0.3, -0.25) is 14.6 Å². The van der Waals surface area contributed by atoms with Gasteiger partial charge in [0.2, 0.25) is 5.91 Å². The lowest BCUT2D eigenvalue weighted by atomic mass is 9.91. The number of imidazole rings is 1. The zero-order chi connectivity index (χ0) is 46.4. The molecule has 4 aromatic carbocycles. The summed E-state index contributed by atoms with van der Waals surface area (Å²) in [4.78, 5) is 70.6. The second-order valence-electron chi connectivity index (χ2n) is 18.5. The van der Waals surface area contributed by atoms with Crippen LogP contribution in [0.2, 0.25) is 0 Å². The molecule has 0 radical (unpaired) electrons. The zero-order valence-corrected chi connectivity index (χ0v) is 38.4. The van der Waals surface area contributed by atoms with Gasteiger partial charge in [-0.25, -0.2) is 14.6 Å². The minimum absolute atomic E-state index is 0.0534. The van der Waals surface area contributed by atoms with Crippen LogP contribution in [0.25, 0.3) is 32.9 Å². The van der Waals surface area contributed by atoms with E-state index in [1.165, 1.54) is 14.2 Å². The zero-order valence-electron chi connectivity index (χ0n) is 38.4. The first-order valence-electron chi connectivity index (χ1n) is 22.8. The summed E-state index contributed by atoms with van der Waals surface area (Å²) >= 11 is 0. The van der Waals surface area contributed by atoms with Gasteiger partial charge < -0.3 is 49.7 Å². The van der Waals surface area contributed by atoms with E-state index in [1.54, 1.807) is 7.11 Å². The number of alkyl carbamates (subject to hydrolysis) is 2. The van der Waals surface area contributed by atoms with Crippen LogP contribution in [0.3, 0.4) is 0 Å². The fraction of sp³-hybridized carbons (Fsp3) is 0.440. The first-order valence-corrected chi connectivity index (χ1v) is 22.8. The molecule has 5 aromatic rings. The van der Waals surface area contributed by atoms with E-state index >= 15 is 0 Å². The fourth-order valence-corrected chi connectivity index (χ4v) is 10.3. The number of nitrogens with zero attached hydrogens (tertiary/aromatic N) is 4. The van der Waals surface area contributed by atoms with E-state index < -0.39 is 24.3 Å². The van der Waals surface area contributed by atoms with Crippen LogP contribution in [0, 0.1) is 17.8 Å². The lowest BCUT2D eigenvalue weighted by Gasteiger charge is -2.30. The largest absolute Gasteiger partial charge is 0.488 e. The van der Waals surface area contributed by atoms with Gasteiger partial charge in [-0.2, -0.15) is 0 Å². The number of aliphatic imine (C=N–C) groups is 1. The van der Waals surface area contributed by atoms with Crippen molar-refractivity contribution < 1.29 is 38.1 Å². The third-order valence-corrected chi connectivity index (χ3v) is 13.6. The molecule has 66 heavy (non-hydrogen) atoms. The van der Waals surface area contributed by atoms with E-state index in [4.69, 9.17) is 28.9 Å². The average Bonchev–Trinajstić information content (AvgIpc) is 4.13. The van der Waals surface area contributed by atoms with Gasteiger partial charge in [-0.15, -0.1) is 0 Å². The predicted octanol–water partition coefficient (Wildman–Crippen LogP) is 6.96. The Bertz CT molecular complexity index is 2700. The minimum atomic E-state index is -0.938. The van der Waals surface area contributed by atoms with Crippen molar-refractivity contribution in [2.45, 2.75) is 83.4 Å². The molecule has 2 fully saturated rings. The minimum Gasteiger partial charge on any atom is -0.488 e.